The summed E-state index contributed by atoms with van der Waals surface area (Å²) >= 11 is 0. The SMILES string of the molecule is Cc1cc(C)cc(N(C)CC(N)C2CCOC2)c1. The van der Waals surface area contributed by atoms with E-state index < -0.39 is 0 Å². The Bertz CT molecular complexity index is 379. The third-order valence-electron chi connectivity index (χ3n) is 3.70. The van der Waals surface area contributed by atoms with Crippen LogP contribution in [0.3, 0.4) is 0 Å². The van der Waals surface area contributed by atoms with Crippen LogP contribution in [-0.2, 0) is 4.74 Å². The van der Waals surface area contributed by atoms with E-state index in [1.54, 1.807) is 0 Å². The van der Waals surface area contributed by atoms with Gasteiger partial charge in [0.25, 0.3) is 0 Å². The first-order valence-corrected chi connectivity index (χ1v) is 6.69. The van der Waals surface area contributed by atoms with E-state index in [1.165, 1.54) is 16.8 Å². The molecular formula is C15H24N2O. The molecule has 0 bridgehead atoms. The van der Waals surface area contributed by atoms with Crippen molar-refractivity contribution in [3.05, 3.63) is 29.3 Å². The molecule has 1 aromatic rings. The molecule has 100 valence electrons. The second-order valence-electron chi connectivity index (χ2n) is 5.51. The summed E-state index contributed by atoms with van der Waals surface area (Å²) in [4.78, 5) is 2.25. The number of anilines is 1. The van der Waals surface area contributed by atoms with Gasteiger partial charge in [-0.15, -0.1) is 0 Å². The summed E-state index contributed by atoms with van der Waals surface area (Å²) in [7, 11) is 2.11. The Hall–Kier alpha value is -1.06. The van der Waals surface area contributed by atoms with Gasteiger partial charge in [0, 0.05) is 37.8 Å². The molecule has 0 amide bonds. The maximum Gasteiger partial charge on any atom is 0.0510 e. The Kier molecular flexibility index (Phi) is 4.25. The van der Waals surface area contributed by atoms with Gasteiger partial charge in [0.2, 0.25) is 0 Å². The van der Waals surface area contributed by atoms with E-state index in [1.807, 2.05) is 0 Å². The highest BCUT2D eigenvalue weighted by Gasteiger charge is 2.23. The van der Waals surface area contributed by atoms with Crippen LogP contribution in [0.5, 0.6) is 0 Å². The standard InChI is InChI=1S/C15H24N2O/c1-11-6-12(2)8-14(7-11)17(3)9-15(16)13-4-5-18-10-13/h6-8,13,15H,4-5,9-10,16H2,1-3H3. The van der Waals surface area contributed by atoms with Gasteiger partial charge in [-0.1, -0.05) is 6.07 Å². The summed E-state index contributed by atoms with van der Waals surface area (Å²) in [5, 5.41) is 0. The van der Waals surface area contributed by atoms with Crippen molar-refractivity contribution in [3.63, 3.8) is 0 Å². The third kappa shape index (κ3) is 3.24. The van der Waals surface area contributed by atoms with Crippen LogP contribution in [0.1, 0.15) is 17.5 Å². The van der Waals surface area contributed by atoms with Gasteiger partial charge in [-0.3, -0.25) is 0 Å². The first-order valence-electron chi connectivity index (χ1n) is 6.69. The van der Waals surface area contributed by atoms with Crippen LogP contribution >= 0.6 is 0 Å². The molecule has 1 heterocycles. The number of nitrogens with two attached hydrogens (primary N) is 1. The summed E-state index contributed by atoms with van der Waals surface area (Å²) in [6.07, 6.45) is 1.10. The summed E-state index contributed by atoms with van der Waals surface area (Å²) in [6.45, 7) is 6.84. The molecule has 0 spiro atoms. The van der Waals surface area contributed by atoms with E-state index in [0.29, 0.717) is 5.92 Å². The van der Waals surface area contributed by atoms with E-state index >= 15 is 0 Å². The van der Waals surface area contributed by atoms with E-state index in [0.717, 1.165) is 26.2 Å². The lowest BCUT2D eigenvalue weighted by molar-refractivity contribution is 0.181. The fourth-order valence-electron chi connectivity index (χ4n) is 2.63. The van der Waals surface area contributed by atoms with Crippen molar-refractivity contribution in [1.82, 2.24) is 0 Å². The minimum Gasteiger partial charge on any atom is -0.381 e. The molecule has 1 fully saturated rings. The lowest BCUT2D eigenvalue weighted by Crippen LogP contribution is -2.41. The van der Waals surface area contributed by atoms with Crippen LogP contribution in [-0.4, -0.2) is 32.8 Å². The number of aryl methyl sites for hydroxylation is 2. The van der Waals surface area contributed by atoms with Crippen molar-refractivity contribution in [2.24, 2.45) is 11.7 Å². The zero-order valence-corrected chi connectivity index (χ0v) is 11.6. The summed E-state index contributed by atoms with van der Waals surface area (Å²) in [6, 6.07) is 6.82. The fourth-order valence-corrected chi connectivity index (χ4v) is 2.63. The Morgan fingerprint density at radius 3 is 2.56 bits per heavy atom. The van der Waals surface area contributed by atoms with Gasteiger partial charge in [0.1, 0.15) is 0 Å². The van der Waals surface area contributed by atoms with E-state index in [-0.39, 0.29) is 6.04 Å². The van der Waals surface area contributed by atoms with Crippen molar-refractivity contribution in [2.45, 2.75) is 26.3 Å². The van der Waals surface area contributed by atoms with Crippen LogP contribution < -0.4 is 10.6 Å². The first-order chi connectivity index (χ1) is 8.56. The van der Waals surface area contributed by atoms with E-state index in [9.17, 15) is 0 Å². The zero-order valence-electron chi connectivity index (χ0n) is 11.6. The molecule has 3 heteroatoms. The van der Waals surface area contributed by atoms with Gasteiger partial charge in [-0.2, -0.15) is 0 Å². The molecule has 0 aliphatic carbocycles. The van der Waals surface area contributed by atoms with E-state index in [4.69, 9.17) is 10.5 Å². The number of ether oxygens (including phenoxy) is 1. The number of hydrogen-bond acceptors (Lipinski definition) is 3. The number of nitrogens with zero attached hydrogens (tertiary/aromatic N) is 1. The molecule has 1 aliphatic rings. The Morgan fingerprint density at radius 1 is 1.33 bits per heavy atom. The third-order valence-corrected chi connectivity index (χ3v) is 3.70. The largest absolute Gasteiger partial charge is 0.381 e. The van der Waals surface area contributed by atoms with Gasteiger partial charge in [-0.25, -0.2) is 0 Å². The van der Waals surface area contributed by atoms with Gasteiger partial charge in [0.05, 0.1) is 6.61 Å². The molecule has 18 heavy (non-hydrogen) atoms. The van der Waals surface area contributed by atoms with Gasteiger partial charge in [-0.05, 0) is 43.5 Å². The van der Waals surface area contributed by atoms with Crippen LogP contribution in [0.15, 0.2) is 18.2 Å². The number of rotatable bonds is 4. The predicted molar refractivity (Wildman–Crippen MR) is 76.1 cm³/mol. The second-order valence-corrected chi connectivity index (χ2v) is 5.51. The highest BCUT2D eigenvalue weighted by Crippen LogP contribution is 2.20. The van der Waals surface area contributed by atoms with Crippen molar-refractivity contribution < 1.29 is 4.74 Å². The zero-order chi connectivity index (χ0) is 13.1. The normalized spacial score (nSPS) is 21.0. The highest BCUT2D eigenvalue weighted by atomic mass is 16.5. The first kappa shape index (κ1) is 13.4. The van der Waals surface area contributed by atoms with Crippen LogP contribution in [0, 0.1) is 19.8 Å². The maximum absolute atomic E-state index is 6.27. The van der Waals surface area contributed by atoms with Crippen LogP contribution in [0.4, 0.5) is 5.69 Å². The van der Waals surface area contributed by atoms with Gasteiger partial charge >= 0.3 is 0 Å². The second kappa shape index (κ2) is 5.72. The Morgan fingerprint density at radius 2 is 2.00 bits per heavy atom. The fraction of sp³-hybridized carbons (Fsp3) is 0.600. The minimum absolute atomic E-state index is 0.193. The molecule has 0 saturated carbocycles. The quantitative estimate of drug-likeness (QED) is 0.887. The van der Waals surface area contributed by atoms with Crippen LogP contribution in [0.2, 0.25) is 0 Å². The van der Waals surface area contributed by atoms with Crippen molar-refractivity contribution in [1.29, 1.82) is 0 Å². The molecule has 0 radical (unpaired) electrons. The monoisotopic (exact) mass is 248 g/mol. The Balaban J connectivity index is 1.99. The average Bonchev–Trinajstić information content (AvgIpc) is 2.80. The highest BCUT2D eigenvalue weighted by molar-refractivity contribution is 5.50. The molecule has 1 aliphatic heterocycles. The van der Waals surface area contributed by atoms with E-state index in [2.05, 4.69) is 44.0 Å². The molecule has 1 saturated heterocycles. The maximum atomic E-state index is 6.27. The molecule has 3 nitrogen and oxygen atoms in total. The van der Waals surface area contributed by atoms with Gasteiger partial charge < -0.3 is 15.4 Å². The minimum atomic E-state index is 0.193. The average molecular weight is 248 g/mol. The molecule has 2 rings (SSSR count). The number of likely N-dealkylation sites (N-methyl/N-ethyl adjacent to an activating group) is 1. The number of benzene rings is 1. The van der Waals surface area contributed by atoms with Crippen molar-refractivity contribution >= 4 is 5.69 Å². The molecule has 2 unspecified atom stereocenters. The number of hydrogen-bond donors (Lipinski definition) is 1. The predicted octanol–water partition coefficient (Wildman–Crippen LogP) is 2.10. The van der Waals surface area contributed by atoms with Crippen molar-refractivity contribution in [2.75, 3.05) is 31.7 Å². The molecule has 0 aromatic heterocycles. The molecule has 2 N–H and O–H groups in total. The Labute approximate surface area is 110 Å². The summed E-state index contributed by atoms with van der Waals surface area (Å²) in [5.74, 6) is 0.512. The van der Waals surface area contributed by atoms with Crippen molar-refractivity contribution in [3.8, 4) is 0 Å². The molecular weight excluding hydrogens is 224 g/mol. The topological polar surface area (TPSA) is 38.5 Å². The smallest absolute Gasteiger partial charge is 0.0510 e. The molecule has 2 atom stereocenters. The molecule has 1 aromatic carbocycles. The lowest BCUT2D eigenvalue weighted by atomic mass is 9.99. The lowest BCUT2D eigenvalue weighted by Gasteiger charge is -2.27. The summed E-state index contributed by atoms with van der Waals surface area (Å²) < 4.78 is 5.41. The summed E-state index contributed by atoms with van der Waals surface area (Å²) in [5.41, 5.74) is 10.1. The van der Waals surface area contributed by atoms with Gasteiger partial charge in [0.15, 0.2) is 0 Å². The van der Waals surface area contributed by atoms with Crippen LogP contribution in [0.25, 0.3) is 0 Å².